The van der Waals surface area contributed by atoms with Gasteiger partial charge in [-0.05, 0) is 19.1 Å². The number of nitrogen functional groups attached to an aromatic ring is 1. The van der Waals surface area contributed by atoms with E-state index in [9.17, 15) is 0 Å². The Morgan fingerprint density at radius 3 is 2.67 bits per heavy atom. The molecule has 5 nitrogen and oxygen atoms in total. The van der Waals surface area contributed by atoms with Crippen LogP contribution in [-0.4, -0.2) is 16.8 Å². The van der Waals surface area contributed by atoms with Gasteiger partial charge >= 0.3 is 0 Å². The van der Waals surface area contributed by atoms with Crippen molar-refractivity contribution in [2.75, 3.05) is 12.3 Å². The predicted octanol–water partition coefficient (Wildman–Crippen LogP) is 2.84. The molecular formula is C13H17N3O2. The Balaban J connectivity index is 2.36. The molecule has 0 unspecified atom stereocenters. The summed E-state index contributed by atoms with van der Waals surface area (Å²) in [7, 11) is 0. The van der Waals surface area contributed by atoms with Gasteiger partial charge in [0.25, 0.3) is 0 Å². The second kappa shape index (κ2) is 5.08. The quantitative estimate of drug-likeness (QED) is 0.841. The topological polar surface area (TPSA) is 74.2 Å². The Morgan fingerprint density at radius 2 is 2.06 bits per heavy atom. The molecule has 2 N–H and O–H groups in total. The van der Waals surface area contributed by atoms with Gasteiger partial charge in [-0.15, -0.1) is 10.2 Å². The Hall–Kier alpha value is -2.04. The van der Waals surface area contributed by atoms with Crippen LogP contribution in [0, 0.1) is 0 Å². The molecule has 0 radical (unpaired) electrons. The molecule has 5 heteroatoms. The molecule has 0 spiro atoms. The Bertz CT molecular complexity index is 535. The van der Waals surface area contributed by atoms with Crippen molar-refractivity contribution in [2.45, 2.75) is 26.7 Å². The van der Waals surface area contributed by atoms with Crippen molar-refractivity contribution < 1.29 is 9.15 Å². The monoisotopic (exact) mass is 247 g/mol. The average molecular weight is 247 g/mol. The van der Waals surface area contributed by atoms with Crippen LogP contribution in [0.15, 0.2) is 22.6 Å². The third-order valence-corrected chi connectivity index (χ3v) is 2.42. The molecule has 0 atom stereocenters. The zero-order chi connectivity index (χ0) is 13.1. The van der Waals surface area contributed by atoms with Gasteiger partial charge in [-0.1, -0.05) is 13.8 Å². The largest absolute Gasteiger partial charge is 0.494 e. The first kappa shape index (κ1) is 12.4. The molecule has 1 heterocycles. The molecule has 0 saturated heterocycles. The molecule has 2 rings (SSSR count). The third kappa shape index (κ3) is 2.61. The van der Waals surface area contributed by atoms with Crippen molar-refractivity contribution in [3.05, 3.63) is 24.1 Å². The smallest absolute Gasteiger partial charge is 0.247 e. The first-order chi connectivity index (χ1) is 8.60. The van der Waals surface area contributed by atoms with E-state index >= 15 is 0 Å². The average Bonchev–Trinajstić information content (AvgIpc) is 2.78. The lowest BCUT2D eigenvalue weighted by Gasteiger charge is -2.05. The lowest BCUT2D eigenvalue weighted by Crippen LogP contribution is -1.94. The Morgan fingerprint density at radius 1 is 1.28 bits per heavy atom. The first-order valence-electron chi connectivity index (χ1n) is 5.97. The van der Waals surface area contributed by atoms with Gasteiger partial charge < -0.3 is 14.9 Å². The summed E-state index contributed by atoms with van der Waals surface area (Å²) in [5, 5.41) is 8.02. The number of hydrogen-bond donors (Lipinski definition) is 1. The van der Waals surface area contributed by atoms with Crippen molar-refractivity contribution in [1.82, 2.24) is 10.2 Å². The van der Waals surface area contributed by atoms with Gasteiger partial charge in [0, 0.05) is 23.2 Å². The van der Waals surface area contributed by atoms with Gasteiger partial charge in [0.2, 0.25) is 11.8 Å². The molecule has 0 aliphatic carbocycles. The fourth-order valence-electron chi connectivity index (χ4n) is 1.58. The number of rotatable bonds is 4. The van der Waals surface area contributed by atoms with Crippen molar-refractivity contribution in [3.63, 3.8) is 0 Å². The van der Waals surface area contributed by atoms with Crippen LogP contribution in [0.5, 0.6) is 5.75 Å². The van der Waals surface area contributed by atoms with Gasteiger partial charge in [0.05, 0.1) is 6.61 Å². The summed E-state index contributed by atoms with van der Waals surface area (Å²) in [5.41, 5.74) is 7.21. The van der Waals surface area contributed by atoms with Crippen molar-refractivity contribution in [3.8, 4) is 17.2 Å². The van der Waals surface area contributed by atoms with E-state index in [0.717, 1.165) is 5.56 Å². The van der Waals surface area contributed by atoms with E-state index in [1.807, 2.05) is 26.8 Å². The number of nitrogens with two attached hydrogens (primary N) is 1. The van der Waals surface area contributed by atoms with Crippen LogP contribution >= 0.6 is 0 Å². The maximum Gasteiger partial charge on any atom is 0.247 e. The van der Waals surface area contributed by atoms with Crippen molar-refractivity contribution >= 4 is 5.69 Å². The summed E-state index contributed by atoms with van der Waals surface area (Å²) in [6.07, 6.45) is 0. The van der Waals surface area contributed by atoms with Crippen LogP contribution in [-0.2, 0) is 0 Å². The number of aromatic nitrogens is 2. The zero-order valence-corrected chi connectivity index (χ0v) is 10.8. The minimum Gasteiger partial charge on any atom is -0.494 e. The summed E-state index contributed by atoms with van der Waals surface area (Å²) in [6.45, 7) is 6.51. The van der Waals surface area contributed by atoms with Crippen LogP contribution < -0.4 is 10.5 Å². The molecule has 0 bridgehead atoms. The first-order valence-corrected chi connectivity index (χ1v) is 5.97. The number of benzene rings is 1. The highest BCUT2D eigenvalue weighted by molar-refractivity contribution is 5.63. The van der Waals surface area contributed by atoms with E-state index < -0.39 is 0 Å². The standard InChI is InChI=1S/C13H17N3O2/c1-4-17-11-6-9(5-10(14)7-11)13-16-15-12(18-13)8(2)3/h5-8H,4,14H2,1-3H3. The minimum atomic E-state index is 0.207. The highest BCUT2D eigenvalue weighted by atomic mass is 16.5. The van der Waals surface area contributed by atoms with Crippen LogP contribution in [0.4, 0.5) is 5.69 Å². The fourth-order valence-corrected chi connectivity index (χ4v) is 1.58. The molecular weight excluding hydrogens is 230 g/mol. The molecule has 0 aliphatic rings. The summed E-state index contributed by atoms with van der Waals surface area (Å²) in [6, 6.07) is 5.41. The molecule has 2 aromatic rings. The molecule has 0 aliphatic heterocycles. The van der Waals surface area contributed by atoms with E-state index in [-0.39, 0.29) is 5.92 Å². The molecule has 1 aromatic heterocycles. The van der Waals surface area contributed by atoms with Crippen LogP contribution in [0.1, 0.15) is 32.6 Å². The molecule has 18 heavy (non-hydrogen) atoms. The predicted molar refractivity (Wildman–Crippen MR) is 69.4 cm³/mol. The van der Waals surface area contributed by atoms with E-state index in [1.54, 1.807) is 12.1 Å². The normalized spacial score (nSPS) is 10.9. The number of anilines is 1. The van der Waals surface area contributed by atoms with Gasteiger partial charge in [-0.3, -0.25) is 0 Å². The maximum atomic E-state index is 5.82. The summed E-state index contributed by atoms with van der Waals surface area (Å²) >= 11 is 0. The van der Waals surface area contributed by atoms with Crippen LogP contribution in [0.3, 0.4) is 0 Å². The second-order valence-corrected chi connectivity index (χ2v) is 4.32. The molecule has 96 valence electrons. The van der Waals surface area contributed by atoms with Crippen LogP contribution in [0.25, 0.3) is 11.5 Å². The molecule has 0 saturated carbocycles. The molecule has 1 aromatic carbocycles. The fraction of sp³-hybridized carbons (Fsp3) is 0.385. The van der Waals surface area contributed by atoms with E-state index in [1.165, 1.54) is 0 Å². The SMILES string of the molecule is CCOc1cc(N)cc(-c2nnc(C(C)C)o2)c1. The minimum absolute atomic E-state index is 0.207. The van der Waals surface area contributed by atoms with Crippen LogP contribution in [0.2, 0.25) is 0 Å². The highest BCUT2D eigenvalue weighted by Gasteiger charge is 2.12. The Kier molecular flexibility index (Phi) is 3.50. The van der Waals surface area contributed by atoms with Gasteiger partial charge in [-0.2, -0.15) is 0 Å². The zero-order valence-electron chi connectivity index (χ0n) is 10.8. The van der Waals surface area contributed by atoms with Crippen molar-refractivity contribution in [1.29, 1.82) is 0 Å². The number of hydrogen-bond acceptors (Lipinski definition) is 5. The highest BCUT2D eigenvalue weighted by Crippen LogP contribution is 2.27. The van der Waals surface area contributed by atoms with Gasteiger partial charge in [-0.25, -0.2) is 0 Å². The van der Waals surface area contributed by atoms with Gasteiger partial charge in [0.1, 0.15) is 5.75 Å². The van der Waals surface area contributed by atoms with E-state index in [4.69, 9.17) is 14.9 Å². The second-order valence-electron chi connectivity index (χ2n) is 4.32. The lowest BCUT2D eigenvalue weighted by molar-refractivity contribution is 0.340. The number of ether oxygens (including phenoxy) is 1. The summed E-state index contributed by atoms with van der Waals surface area (Å²) < 4.78 is 11.0. The van der Waals surface area contributed by atoms with Gasteiger partial charge in [0.15, 0.2) is 0 Å². The van der Waals surface area contributed by atoms with Crippen molar-refractivity contribution in [2.24, 2.45) is 0 Å². The van der Waals surface area contributed by atoms with E-state index in [2.05, 4.69) is 10.2 Å². The lowest BCUT2D eigenvalue weighted by atomic mass is 10.2. The number of nitrogens with zero attached hydrogens (tertiary/aromatic N) is 2. The molecule has 0 amide bonds. The maximum absolute atomic E-state index is 5.82. The van der Waals surface area contributed by atoms with E-state index in [0.29, 0.717) is 29.8 Å². The Labute approximate surface area is 106 Å². The molecule has 0 fully saturated rings. The third-order valence-electron chi connectivity index (χ3n) is 2.42. The summed E-state index contributed by atoms with van der Waals surface area (Å²) in [5.74, 6) is 1.99. The summed E-state index contributed by atoms with van der Waals surface area (Å²) in [4.78, 5) is 0.